The Morgan fingerprint density at radius 3 is 2.40 bits per heavy atom. The van der Waals surface area contributed by atoms with Gasteiger partial charge in [0.25, 0.3) is 0 Å². The summed E-state index contributed by atoms with van der Waals surface area (Å²) in [5.41, 5.74) is 0.532. The monoisotopic (exact) mass is 200 g/mol. The first-order chi connectivity index (χ1) is 7.27. The summed E-state index contributed by atoms with van der Waals surface area (Å²) in [6, 6.07) is 6.12. The standard InChI is InChI=1S/C12H12N2O/c13-9-12(5-1-11(15)2-6-12)10-3-7-14-8-4-10/h3-4,7-8H,1-2,5-6H2. The van der Waals surface area contributed by atoms with Gasteiger partial charge in [0.2, 0.25) is 0 Å². The fourth-order valence-electron chi connectivity index (χ4n) is 2.09. The van der Waals surface area contributed by atoms with E-state index in [-0.39, 0.29) is 5.78 Å². The topological polar surface area (TPSA) is 53.8 Å². The van der Waals surface area contributed by atoms with Crippen LogP contribution in [0.15, 0.2) is 24.5 Å². The predicted molar refractivity (Wildman–Crippen MR) is 55.0 cm³/mol. The summed E-state index contributed by atoms with van der Waals surface area (Å²) >= 11 is 0. The summed E-state index contributed by atoms with van der Waals surface area (Å²) in [4.78, 5) is 15.1. The molecule has 2 rings (SSSR count). The van der Waals surface area contributed by atoms with E-state index in [1.165, 1.54) is 0 Å². The van der Waals surface area contributed by atoms with Crippen LogP contribution < -0.4 is 0 Å². The van der Waals surface area contributed by atoms with E-state index in [9.17, 15) is 10.1 Å². The van der Waals surface area contributed by atoms with Crippen molar-refractivity contribution in [2.75, 3.05) is 0 Å². The lowest BCUT2D eigenvalue weighted by Crippen LogP contribution is -2.30. The minimum absolute atomic E-state index is 0.273. The second-order valence-corrected chi connectivity index (χ2v) is 3.97. The van der Waals surface area contributed by atoms with Crippen molar-refractivity contribution in [3.8, 4) is 6.07 Å². The lowest BCUT2D eigenvalue weighted by Gasteiger charge is -2.30. The first-order valence-electron chi connectivity index (χ1n) is 5.10. The highest BCUT2D eigenvalue weighted by atomic mass is 16.1. The average Bonchev–Trinajstić information content (AvgIpc) is 2.32. The zero-order chi connectivity index (χ0) is 10.7. The minimum atomic E-state index is -0.461. The molecule has 3 nitrogen and oxygen atoms in total. The molecule has 0 atom stereocenters. The van der Waals surface area contributed by atoms with Crippen LogP contribution in [0.1, 0.15) is 31.2 Å². The Bertz CT molecular complexity index is 395. The minimum Gasteiger partial charge on any atom is -0.300 e. The molecular weight excluding hydrogens is 188 g/mol. The van der Waals surface area contributed by atoms with Crippen molar-refractivity contribution in [2.24, 2.45) is 0 Å². The Kier molecular flexibility index (Phi) is 2.51. The number of hydrogen-bond donors (Lipinski definition) is 0. The number of aromatic nitrogens is 1. The van der Waals surface area contributed by atoms with Crippen LogP contribution in [0.5, 0.6) is 0 Å². The lowest BCUT2D eigenvalue weighted by atomic mass is 9.70. The normalized spacial score (nSPS) is 19.5. The number of nitrogens with zero attached hydrogens (tertiary/aromatic N) is 2. The molecule has 0 radical (unpaired) electrons. The smallest absolute Gasteiger partial charge is 0.133 e. The van der Waals surface area contributed by atoms with Gasteiger partial charge in [0, 0.05) is 25.2 Å². The first kappa shape index (κ1) is 9.85. The first-order valence-corrected chi connectivity index (χ1v) is 5.10. The van der Waals surface area contributed by atoms with Crippen molar-refractivity contribution in [1.82, 2.24) is 4.98 Å². The van der Waals surface area contributed by atoms with E-state index in [0.29, 0.717) is 25.7 Å². The fourth-order valence-corrected chi connectivity index (χ4v) is 2.09. The molecule has 1 aliphatic rings. The molecule has 0 amide bonds. The molecule has 15 heavy (non-hydrogen) atoms. The summed E-state index contributed by atoms with van der Waals surface area (Å²) in [6.45, 7) is 0. The lowest BCUT2D eigenvalue weighted by molar-refractivity contribution is -0.120. The van der Waals surface area contributed by atoms with Crippen molar-refractivity contribution in [1.29, 1.82) is 5.26 Å². The van der Waals surface area contributed by atoms with Crippen LogP contribution in [0.2, 0.25) is 0 Å². The van der Waals surface area contributed by atoms with Gasteiger partial charge in [0.15, 0.2) is 0 Å². The van der Waals surface area contributed by atoms with Gasteiger partial charge < -0.3 is 0 Å². The molecule has 1 fully saturated rings. The van der Waals surface area contributed by atoms with E-state index in [1.807, 2.05) is 12.1 Å². The molecule has 0 bridgehead atoms. The number of rotatable bonds is 1. The Morgan fingerprint density at radius 2 is 1.87 bits per heavy atom. The van der Waals surface area contributed by atoms with Gasteiger partial charge in [-0.05, 0) is 30.5 Å². The van der Waals surface area contributed by atoms with Crippen molar-refractivity contribution in [3.63, 3.8) is 0 Å². The number of carbonyl (C=O) groups excluding carboxylic acids is 1. The molecule has 0 saturated heterocycles. The summed E-state index contributed by atoms with van der Waals surface area (Å²) in [5.74, 6) is 0.273. The van der Waals surface area contributed by atoms with Crippen LogP contribution >= 0.6 is 0 Å². The molecule has 3 heteroatoms. The summed E-state index contributed by atoms with van der Waals surface area (Å²) in [7, 11) is 0. The third kappa shape index (κ3) is 1.75. The molecule has 1 aliphatic carbocycles. The van der Waals surface area contributed by atoms with Crippen molar-refractivity contribution in [2.45, 2.75) is 31.1 Å². The van der Waals surface area contributed by atoms with E-state index in [0.717, 1.165) is 5.56 Å². The van der Waals surface area contributed by atoms with E-state index in [1.54, 1.807) is 12.4 Å². The van der Waals surface area contributed by atoms with Crippen molar-refractivity contribution >= 4 is 5.78 Å². The number of nitriles is 1. The quantitative estimate of drug-likeness (QED) is 0.696. The molecular formula is C12H12N2O. The van der Waals surface area contributed by atoms with Crippen LogP contribution in [0, 0.1) is 11.3 Å². The molecule has 0 aliphatic heterocycles. The molecule has 0 N–H and O–H groups in total. The number of ketones is 1. The van der Waals surface area contributed by atoms with Gasteiger partial charge in [-0.3, -0.25) is 9.78 Å². The van der Waals surface area contributed by atoms with Gasteiger partial charge in [-0.2, -0.15) is 5.26 Å². The number of hydrogen-bond acceptors (Lipinski definition) is 3. The Hall–Kier alpha value is -1.69. The maximum Gasteiger partial charge on any atom is 0.133 e. The molecule has 0 aromatic carbocycles. The fraction of sp³-hybridized carbons (Fsp3) is 0.417. The summed E-state index contributed by atoms with van der Waals surface area (Å²) < 4.78 is 0. The van der Waals surface area contributed by atoms with Crippen molar-refractivity contribution in [3.05, 3.63) is 30.1 Å². The maximum atomic E-state index is 11.2. The number of pyridine rings is 1. The second-order valence-electron chi connectivity index (χ2n) is 3.97. The Labute approximate surface area is 88.8 Å². The SMILES string of the molecule is N#CC1(c2ccncc2)CCC(=O)CC1. The van der Waals surface area contributed by atoms with Gasteiger partial charge in [0.05, 0.1) is 11.5 Å². The summed E-state index contributed by atoms with van der Waals surface area (Å²) in [6.07, 6.45) is 5.74. The molecule has 76 valence electrons. The van der Waals surface area contributed by atoms with Crippen LogP contribution in [0.3, 0.4) is 0 Å². The van der Waals surface area contributed by atoms with E-state index < -0.39 is 5.41 Å². The zero-order valence-corrected chi connectivity index (χ0v) is 8.44. The number of Topliss-reactive ketones (excluding diaryl/α,β-unsaturated/α-hetero) is 1. The average molecular weight is 200 g/mol. The van der Waals surface area contributed by atoms with Gasteiger partial charge in [-0.15, -0.1) is 0 Å². The van der Waals surface area contributed by atoms with E-state index >= 15 is 0 Å². The van der Waals surface area contributed by atoms with Crippen LogP contribution in [-0.2, 0) is 10.2 Å². The van der Waals surface area contributed by atoms with Crippen LogP contribution in [0.4, 0.5) is 0 Å². The molecule has 1 heterocycles. The van der Waals surface area contributed by atoms with Gasteiger partial charge in [-0.25, -0.2) is 0 Å². The van der Waals surface area contributed by atoms with Crippen LogP contribution in [0.25, 0.3) is 0 Å². The highest BCUT2D eigenvalue weighted by molar-refractivity contribution is 5.80. The zero-order valence-electron chi connectivity index (χ0n) is 8.44. The molecule has 1 saturated carbocycles. The maximum absolute atomic E-state index is 11.2. The molecule has 1 aromatic heterocycles. The third-order valence-corrected chi connectivity index (χ3v) is 3.11. The van der Waals surface area contributed by atoms with Crippen LogP contribution in [-0.4, -0.2) is 10.8 Å². The summed E-state index contributed by atoms with van der Waals surface area (Å²) in [5, 5.41) is 9.30. The molecule has 0 spiro atoms. The largest absolute Gasteiger partial charge is 0.300 e. The highest BCUT2D eigenvalue weighted by Crippen LogP contribution is 2.37. The predicted octanol–water partition coefficient (Wildman–Crippen LogP) is 1.99. The Morgan fingerprint density at radius 1 is 1.27 bits per heavy atom. The Balaban J connectivity index is 2.32. The third-order valence-electron chi connectivity index (χ3n) is 3.11. The second kappa shape index (κ2) is 3.82. The van der Waals surface area contributed by atoms with Gasteiger partial charge in [-0.1, -0.05) is 0 Å². The highest BCUT2D eigenvalue weighted by Gasteiger charge is 2.36. The van der Waals surface area contributed by atoms with E-state index in [2.05, 4.69) is 11.1 Å². The van der Waals surface area contributed by atoms with Gasteiger partial charge >= 0.3 is 0 Å². The van der Waals surface area contributed by atoms with Crippen molar-refractivity contribution < 1.29 is 4.79 Å². The van der Waals surface area contributed by atoms with E-state index in [4.69, 9.17) is 0 Å². The number of carbonyl (C=O) groups is 1. The molecule has 0 unspecified atom stereocenters. The van der Waals surface area contributed by atoms with Gasteiger partial charge in [0.1, 0.15) is 5.78 Å². The molecule has 1 aromatic rings.